The van der Waals surface area contributed by atoms with Crippen LogP contribution in [0.2, 0.25) is 5.02 Å². The molecule has 3 rings (SSSR count). The van der Waals surface area contributed by atoms with Gasteiger partial charge in [0.2, 0.25) is 0 Å². The van der Waals surface area contributed by atoms with Crippen LogP contribution in [0.1, 0.15) is 22.7 Å². The SMILES string of the molecule is NC(c1cc(F)ccc1Br)c1cc(Cl)cc2c1OCC2. The van der Waals surface area contributed by atoms with E-state index in [1.165, 1.54) is 12.1 Å². The molecule has 2 N–H and O–H groups in total. The van der Waals surface area contributed by atoms with E-state index in [0.717, 1.165) is 27.8 Å². The van der Waals surface area contributed by atoms with E-state index in [1.807, 2.05) is 6.07 Å². The highest BCUT2D eigenvalue weighted by atomic mass is 79.9. The van der Waals surface area contributed by atoms with Crippen molar-refractivity contribution in [2.45, 2.75) is 12.5 Å². The van der Waals surface area contributed by atoms with Crippen LogP contribution in [-0.4, -0.2) is 6.61 Å². The molecule has 20 heavy (non-hydrogen) atoms. The molecule has 0 saturated heterocycles. The third-order valence-corrected chi connectivity index (χ3v) is 4.35. The zero-order chi connectivity index (χ0) is 14.3. The van der Waals surface area contributed by atoms with Crippen LogP contribution in [0.15, 0.2) is 34.8 Å². The number of hydrogen-bond acceptors (Lipinski definition) is 2. The summed E-state index contributed by atoms with van der Waals surface area (Å²) < 4.78 is 19.9. The molecule has 1 unspecified atom stereocenters. The largest absolute Gasteiger partial charge is 0.493 e. The van der Waals surface area contributed by atoms with Gasteiger partial charge in [0.25, 0.3) is 0 Å². The monoisotopic (exact) mass is 355 g/mol. The van der Waals surface area contributed by atoms with Crippen molar-refractivity contribution in [2.75, 3.05) is 6.61 Å². The third-order valence-electron chi connectivity index (χ3n) is 3.41. The molecule has 1 aliphatic heterocycles. The molecular formula is C15H12BrClFNO. The Bertz CT molecular complexity index is 677. The summed E-state index contributed by atoms with van der Waals surface area (Å²) in [7, 11) is 0. The number of ether oxygens (including phenoxy) is 1. The second-order valence-electron chi connectivity index (χ2n) is 4.73. The van der Waals surface area contributed by atoms with E-state index in [9.17, 15) is 4.39 Å². The summed E-state index contributed by atoms with van der Waals surface area (Å²) in [5.41, 5.74) is 8.80. The molecule has 0 amide bonds. The summed E-state index contributed by atoms with van der Waals surface area (Å²) in [6.07, 6.45) is 0.819. The van der Waals surface area contributed by atoms with E-state index in [1.54, 1.807) is 12.1 Å². The number of fused-ring (bicyclic) bond motifs is 1. The first-order valence-electron chi connectivity index (χ1n) is 6.22. The van der Waals surface area contributed by atoms with Gasteiger partial charge in [0.05, 0.1) is 12.6 Å². The standard InChI is InChI=1S/C15H12BrClFNO/c16-13-2-1-10(18)7-11(13)14(19)12-6-9(17)5-8-3-4-20-15(8)12/h1-2,5-7,14H,3-4,19H2. The zero-order valence-corrected chi connectivity index (χ0v) is 12.8. The van der Waals surface area contributed by atoms with Gasteiger partial charge < -0.3 is 10.5 Å². The molecule has 0 spiro atoms. The average molecular weight is 357 g/mol. The minimum Gasteiger partial charge on any atom is -0.493 e. The van der Waals surface area contributed by atoms with E-state index in [-0.39, 0.29) is 5.82 Å². The highest BCUT2D eigenvalue weighted by molar-refractivity contribution is 9.10. The molecule has 0 aromatic heterocycles. The first-order chi connectivity index (χ1) is 9.56. The molecule has 1 atom stereocenters. The van der Waals surface area contributed by atoms with Crippen molar-refractivity contribution in [1.29, 1.82) is 0 Å². The molecule has 0 saturated carbocycles. The summed E-state index contributed by atoms with van der Waals surface area (Å²) in [5, 5.41) is 0.618. The minimum atomic E-state index is -0.495. The molecule has 5 heteroatoms. The maximum Gasteiger partial charge on any atom is 0.127 e. The van der Waals surface area contributed by atoms with Crippen molar-refractivity contribution in [3.05, 3.63) is 62.3 Å². The first kappa shape index (κ1) is 13.9. The lowest BCUT2D eigenvalue weighted by atomic mass is 9.96. The lowest BCUT2D eigenvalue weighted by Crippen LogP contribution is -2.14. The molecule has 1 heterocycles. The van der Waals surface area contributed by atoms with Gasteiger partial charge in [-0.05, 0) is 41.5 Å². The summed E-state index contributed by atoms with van der Waals surface area (Å²) in [6.45, 7) is 0.625. The highest BCUT2D eigenvalue weighted by Crippen LogP contribution is 2.39. The molecule has 2 aromatic carbocycles. The maximum atomic E-state index is 13.4. The van der Waals surface area contributed by atoms with E-state index in [2.05, 4.69) is 15.9 Å². The summed E-state index contributed by atoms with van der Waals surface area (Å²) in [4.78, 5) is 0. The van der Waals surface area contributed by atoms with Gasteiger partial charge in [0.15, 0.2) is 0 Å². The van der Waals surface area contributed by atoms with Gasteiger partial charge in [-0.1, -0.05) is 27.5 Å². The van der Waals surface area contributed by atoms with E-state index >= 15 is 0 Å². The fraction of sp³-hybridized carbons (Fsp3) is 0.200. The van der Waals surface area contributed by atoms with Crippen LogP contribution in [0.3, 0.4) is 0 Å². The fourth-order valence-corrected chi connectivity index (χ4v) is 3.19. The first-order valence-corrected chi connectivity index (χ1v) is 7.39. The van der Waals surface area contributed by atoms with Crippen molar-refractivity contribution in [2.24, 2.45) is 5.73 Å². The van der Waals surface area contributed by atoms with Crippen molar-refractivity contribution >= 4 is 27.5 Å². The van der Waals surface area contributed by atoms with Crippen LogP contribution >= 0.6 is 27.5 Å². The number of rotatable bonds is 2. The van der Waals surface area contributed by atoms with Crippen molar-refractivity contribution in [3.8, 4) is 5.75 Å². The van der Waals surface area contributed by atoms with Crippen LogP contribution in [0.5, 0.6) is 5.75 Å². The second kappa shape index (κ2) is 5.35. The van der Waals surface area contributed by atoms with Gasteiger partial charge in [-0.3, -0.25) is 0 Å². The Labute approximate surface area is 129 Å². The number of hydrogen-bond donors (Lipinski definition) is 1. The molecule has 1 aliphatic rings. The van der Waals surface area contributed by atoms with Crippen molar-refractivity contribution < 1.29 is 9.13 Å². The molecule has 0 radical (unpaired) electrons. The van der Waals surface area contributed by atoms with Crippen LogP contribution < -0.4 is 10.5 Å². The van der Waals surface area contributed by atoms with Gasteiger partial charge in [-0.15, -0.1) is 0 Å². The van der Waals surface area contributed by atoms with Gasteiger partial charge in [-0.2, -0.15) is 0 Å². The van der Waals surface area contributed by atoms with E-state index in [0.29, 0.717) is 17.2 Å². The van der Waals surface area contributed by atoms with Gasteiger partial charge in [0, 0.05) is 21.5 Å². The topological polar surface area (TPSA) is 35.2 Å². The lowest BCUT2D eigenvalue weighted by Gasteiger charge is -2.18. The van der Waals surface area contributed by atoms with Crippen molar-refractivity contribution in [3.63, 3.8) is 0 Å². The molecular weight excluding hydrogens is 345 g/mol. The smallest absolute Gasteiger partial charge is 0.127 e. The predicted octanol–water partition coefficient (Wildman–Crippen LogP) is 4.22. The van der Waals surface area contributed by atoms with Crippen LogP contribution in [0.25, 0.3) is 0 Å². The third kappa shape index (κ3) is 2.43. The molecule has 2 aromatic rings. The van der Waals surface area contributed by atoms with Crippen molar-refractivity contribution in [1.82, 2.24) is 0 Å². The van der Waals surface area contributed by atoms with Gasteiger partial charge in [-0.25, -0.2) is 4.39 Å². The van der Waals surface area contributed by atoms with Gasteiger partial charge >= 0.3 is 0 Å². The Kier molecular flexibility index (Phi) is 3.71. The average Bonchev–Trinajstić information content (AvgIpc) is 2.87. The number of benzene rings is 2. The minimum absolute atomic E-state index is 0.321. The number of nitrogens with two attached hydrogens (primary N) is 1. The highest BCUT2D eigenvalue weighted by Gasteiger charge is 2.23. The Hall–Kier alpha value is -1.10. The molecule has 0 bridgehead atoms. The quantitative estimate of drug-likeness (QED) is 0.874. The lowest BCUT2D eigenvalue weighted by molar-refractivity contribution is 0.352. The predicted molar refractivity (Wildman–Crippen MR) is 80.8 cm³/mol. The molecule has 0 aliphatic carbocycles. The maximum absolute atomic E-state index is 13.4. The van der Waals surface area contributed by atoms with Gasteiger partial charge in [0.1, 0.15) is 11.6 Å². The Balaban J connectivity index is 2.11. The molecule has 0 fully saturated rings. The summed E-state index contributed by atoms with van der Waals surface area (Å²) in [5.74, 6) is 0.455. The van der Waals surface area contributed by atoms with Crippen LogP contribution in [0.4, 0.5) is 4.39 Å². The molecule has 2 nitrogen and oxygen atoms in total. The Morgan fingerprint density at radius 3 is 2.85 bits per heavy atom. The normalized spacial score (nSPS) is 14.8. The Morgan fingerprint density at radius 1 is 1.25 bits per heavy atom. The Morgan fingerprint density at radius 2 is 2.05 bits per heavy atom. The summed E-state index contributed by atoms with van der Waals surface area (Å²) >= 11 is 9.54. The van der Waals surface area contributed by atoms with E-state index in [4.69, 9.17) is 22.1 Å². The second-order valence-corrected chi connectivity index (χ2v) is 6.02. The van der Waals surface area contributed by atoms with Crippen LogP contribution in [-0.2, 0) is 6.42 Å². The molecule has 104 valence electrons. The summed E-state index contributed by atoms with van der Waals surface area (Å²) in [6, 6.07) is 7.64. The van der Waals surface area contributed by atoms with Crippen LogP contribution in [0, 0.1) is 5.82 Å². The van der Waals surface area contributed by atoms with E-state index < -0.39 is 6.04 Å². The fourth-order valence-electron chi connectivity index (χ4n) is 2.45. The number of halogens is 3. The zero-order valence-electron chi connectivity index (χ0n) is 10.5.